The first kappa shape index (κ1) is 103. The van der Waals surface area contributed by atoms with Crippen molar-refractivity contribution in [2.24, 2.45) is 0 Å². The second-order valence-corrected chi connectivity index (χ2v) is 33.4. The maximum absolute atomic E-state index is 13.3. The second-order valence-electron chi connectivity index (χ2n) is 31.3. The molecule has 2 amide bonds. The summed E-state index contributed by atoms with van der Waals surface area (Å²) in [6, 6.07) is 0. The van der Waals surface area contributed by atoms with Gasteiger partial charge in [-0.25, -0.2) is 0 Å². The number of thioether (sulfide) groups is 2. The molecular formula is C90H170N4O10S2. The summed E-state index contributed by atoms with van der Waals surface area (Å²) < 4.78 is 23.1. The van der Waals surface area contributed by atoms with Gasteiger partial charge in [0, 0.05) is 76.5 Å². The molecule has 0 aliphatic rings. The predicted molar refractivity (Wildman–Crippen MR) is 456 cm³/mol. The van der Waals surface area contributed by atoms with E-state index in [-0.39, 0.29) is 46.6 Å². The van der Waals surface area contributed by atoms with Gasteiger partial charge in [-0.2, -0.15) is 0 Å². The van der Waals surface area contributed by atoms with Crippen LogP contribution in [-0.4, -0.2) is 158 Å². The minimum atomic E-state index is -0.114. The van der Waals surface area contributed by atoms with Gasteiger partial charge < -0.3 is 38.5 Å². The molecule has 16 heteroatoms. The van der Waals surface area contributed by atoms with E-state index < -0.39 is 0 Å². The topological polar surface area (TPSA) is 152 Å². The lowest BCUT2D eigenvalue weighted by atomic mass is 10.0. The zero-order valence-electron chi connectivity index (χ0n) is 70.6. The van der Waals surface area contributed by atoms with Crippen LogP contribution in [0.4, 0.5) is 9.59 Å². The molecule has 0 radical (unpaired) electrons. The number of carbonyl (C=O) groups excluding carboxylic acids is 6. The number of allylic oxidation sites excluding steroid dienone is 2. The molecule has 0 aromatic rings. The Labute approximate surface area is 663 Å². The van der Waals surface area contributed by atoms with Crippen molar-refractivity contribution < 1.29 is 47.7 Å². The van der Waals surface area contributed by atoms with E-state index in [2.05, 4.69) is 59.4 Å². The van der Waals surface area contributed by atoms with Crippen molar-refractivity contribution in [1.29, 1.82) is 0 Å². The number of rotatable bonds is 81. The van der Waals surface area contributed by atoms with E-state index in [4.69, 9.17) is 18.9 Å². The number of hydrogen-bond donors (Lipinski definition) is 0. The van der Waals surface area contributed by atoms with Gasteiger partial charge in [0.2, 0.25) is 0 Å². The van der Waals surface area contributed by atoms with Gasteiger partial charge in [-0.3, -0.25) is 28.8 Å². The molecule has 14 nitrogen and oxygen atoms in total. The molecule has 106 heavy (non-hydrogen) atoms. The molecule has 0 spiro atoms. The van der Waals surface area contributed by atoms with Crippen molar-refractivity contribution in [2.45, 2.75) is 425 Å². The molecule has 0 aliphatic carbocycles. The molecule has 622 valence electrons. The summed E-state index contributed by atoms with van der Waals surface area (Å²) in [7, 11) is 8.18. The van der Waals surface area contributed by atoms with Crippen molar-refractivity contribution in [1.82, 2.24) is 19.6 Å². The fraction of sp³-hybridized carbons (Fsp3) is 0.889. The first-order valence-corrected chi connectivity index (χ1v) is 46.9. The molecule has 0 saturated carbocycles. The Morgan fingerprint density at radius 2 is 0.509 bits per heavy atom. The van der Waals surface area contributed by atoms with Crippen LogP contribution in [0.25, 0.3) is 0 Å². The minimum Gasteiger partial charge on any atom is -0.462 e. The first-order valence-electron chi connectivity index (χ1n) is 44.9. The third kappa shape index (κ3) is 75.0. The van der Waals surface area contributed by atoms with Gasteiger partial charge >= 0.3 is 23.9 Å². The van der Waals surface area contributed by atoms with Crippen molar-refractivity contribution in [3.8, 4) is 0 Å². The molecule has 1 atom stereocenters. The zero-order chi connectivity index (χ0) is 77.5. The third-order valence-electron chi connectivity index (χ3n) is 20.4. The number of amides is 2. The monoisotopic (exact) mass is 1530 g/mol. The summed E-state index contributed by atoms with van der Waals surface area (Å²) in [6.07, 6.45) is 73.5. The van der Waals surface area contributed by atoms with Crippen LogP contribution in [0.3, 0.4) is 0 Å². The van der Waals surface area contributed by atoms with Crippen LogP contribution in [0.5, 0.6) is 0 Å². The molecule has 0 aliphatic heterocycles. The summed E-state index contributed by atoms with van der Waals surface area (Å²) >= 11 is 2.87. The molecular weight excluding hydrogens is 1360 g/mol. The van der Waals surface area contributed by atoms with E-state index in [0.717, 1.165) is 243 Å². The highest BCUT2D eigenvalue weighted by Crippen LogP contribution is 2.23. The third-order valence-corrected chi connectivity index (χ3v) is 22.2. The van der Waals surface area contributed by atoms with E-state index in [1.807, 2.05) is 40.3 Å². The summed E-state index contributed by atoms with van der Waals surface area (Å²) in [6.45, 7) is 14.6. The van der Waals surface area contributed by atoms with E-state index >= 15 is 0 Å². The van der Waals surface area contributed by atoms with Crippen molar-refractivity contribution in [3.05, 3.63) is 24.3 Å². The standard InChI is InChI=1S/C90H170N4O10S2/c1-9-13-17-21-33-49-63-79-101-85(95)69-55-41-35-45-59-73-94(90(100)106-82-78-92(7)8)76-62-48-38-44-58-72-88(98)104-84(67-53-39-22-18-14-10-2)68-54-40-32-30-28-26-24-23-25-27-29-31-34-50-64-80-102-86(96)70-56-42-36-46-60-74-93(89(99)105-81-77-91(5)6)75-61-47-37-43-57-71-87(97)103-83(65-51-19-15-11-3)66-52-20-16-12-4/h49-50,63-64,83-84H,9-48,51-62,65-82H2,1-8H3/b63-49-,64-50-. The Morgan fingerprint density at radius 3 is 0.802 bits per heavy atom. The lowest BCUT2D eigenvalue weighted by Gasteiger charge is -2.22. The molecule has 0 fully saturated rings. The molecule has 0 N–H and O–H groups in total. The number of ether oxygens (including phenoxy) is 4. The van der Waals surface area contributed by atoms with Crippen LogP contribution in [0.2, 0.25) is 0 Å². The van der Waals surface area contributed by atoms with Gasteiger partial charge in [-0.1, -0.05) is 307 Å². The maximum Gasteiger partial charge on any atom is 0.306 e. The Kier molecular flexibility index (Phi) is 79.0. The normalized spacial score (nSPS) is 12.0. The van der Waals surface area contributed by atoms with E-state index in [1.54, 1.807) is 0 Å². The van der Waals surface area contributed by atoms with Gasteiger partial charge in [0.1, 0.15) is 25.4 Å². The van der Waals surface area contributed by atoms with Gasteiger partial charge in [0.05, 0.1) is 0 Å². The molecule has 0 aromatic carbocycles. The van der Waals surface area contributed by atoms with E-state index in [9.17, 15) is 28.8 Å². The first-order chi connectivity index (χ1) is 51.8. The molecule has 0 aromatic heterocycles. The number of esters is 4. The molecule has 0 saturated heterocycles. The largest absolute Gasteiger partial charge is 0.462 e. The van der Waals surface area contributed by atoms with Crippen LogP contribution < -0.4 is 0 Å². The van der Waals surface area contributed by atoms with Crippen molar-refractivity contribution >= 4 is 57.9 Å². The number of hydrogen-bond acceptors (Lipinski definition) is 14. The predicted octanol–water partition coefficient (Wildman–Crippen LogP) is 25.9. The molecule has 0 heterocycles. The summed E-state index contributed by atoms with van der Waals surface area (Å²) in [5.74, 6) is 1.31. The Morgan fingerprint density at radius 1 is 0.274 bits per heavy atom. The van der Waals surface area contributed by atoms with E-state index in [0.29, 0.717) is 38.9 Å². The van der Waals surface area contributed by atoms with Crippen molar-refractivity contribution in [3.63, 3.8) is 0 Å². The fourth-order valence-electron chi connectivity index (χ4n) is 13.5. The van der Waals surface area contributed by atoms with Gasteiger partial charge in [0.15, 0.2) is 0 Å². The van der Waals surface area contributed by atoms with Gasteiger partial charge in [0.25, 0.3) is 10.5 Å². The average Bonchev–Trinajstić information content (AvgIpc) is 1.01. The summed E-state index contributed by atoms with van der Waals surface area (Å²) in [5.41, 5.74) is 0. The number of unbranched alkanes of at least 4 members (excludes halogenated alkanes) is 43. The lowest BCUT2D eigenvalue weighted by molar-refractivity contribution is -0.151. The van der Waals surface area contributed by atoms with Crippen LogP contribution in [0.15, 0.2) is 24.3 Å². The lowest BCUT2D eigenvalue weighted by Crippen LogP contribution is -2.30. The minimum absolute atomic E-state index is 0.0236. The summed E-state index contributed by atoms with van der Waals surface area (Å²) in [5, 5.41) is 0.367. The zero-order valence-corrected chi connectivity index (χ0v) is 72.3. The quantitative estimate of drug-likeness (QED) is 0.0246. The van der Waals surface area contributed by atoms with Crippen LogP contribution in [0.1, 0.15) is 413 Å². The smallest absolute Gasteiger partial charge is 0.306 e. The highest BCUT2D eigenvalue weighted by molar-refractivity contribution is 8.13. The highest BCUT2D eigenvalue weighted by Gasteiger charge is 2.19. The summed E-state index contributed by atoms with van der Waals surface area (Å²) in [4.78, 5) is 85.4. The maximum atomic E-state index is 13.3. The number of nitrogens with zero attached hydrogens (tertiary/aromatic N) is 4. The van der Waals surface area contributed by atoms with Crippen molar-refractivity contribution in [2.75, 3.05) is 92.2 Å². The van der Waals surface area contributed by atoms with Gasteiger partial charge in [-0.15, -0.1) is 0 Å². The molecule has 0 bridgehead atoms. The number of carbonyl (C=O) groups is 6. The fourth-order valence-corrected chi connectivity index (χ4v) is 15.5. The Balaban J connectivity index is 4.34. The van der Waals surface area contributed by atoms with Crippen LogP contribution in [-0.2, 0) is 38.1 Å². The Bertz CT molecular complexity index is 2030. The molecule has 1 unspecified atom stereocenters. The van der Waals surface area contributed by atoms with Crippen LogP contribution in [0, 0.1) is 0 Å². The average molecular weight is 1530 g/mol. The highest BCUT2D eigenvalue weighted by atomic mass is 32.2. The second kappa shape index (κ2) is 81.4. The van der Waals surface area contributed by atoms with Crippen LogP contribution >= 0.6 is 23.5 Å². The Hall–Kier alpha value is -3.08. The van der Waals surface area contributed by atoms with E-state index in [1.165, 1.54) is 190 Å². The molecule has 0 rings (SSSR count). The van der Waals surface area contributed by atoms with Gasteiger partial charge in [-0.05, 0) is 157 Å². The SMILES string of the molecule is CCCCCC/C=C\COC(=O)CCCCCCCN(CCCCCCCC(=O)OC(CCCCCCCC)CCCCCCCCCCCCCC/C=C\COC(=O)CCCCCCCN(CCCCCCCC(=O)OC(CCCCCC)CCCCCC)C(=O)SCCN(C)C)C(=O)SCCN(C)C.